The van der Waals surface area contributed by atoms with Crippen LogP contribution in [-0.4, -0.2) is 25.0 Å². The van der Waals surface area contributed by atoms with Crippen LogP contribution in [0.3, 0.4) is 0 Å². The molecule has 0 fully saturated rings. The number of ether oxygens (including phenoxy) is 2. The number of benzene rings is 4. The van der Waals surface area contributed by atoms with Crippen LogP contribution in [0.2, 0.25) is 10.0 Å². The smallest absolute Gasteiger partial charge is 0.238 e. The second-order valence-corrected chi connectivity index (χ2v) is 11.0. The molecule has 0 N–H and O–H groups in total. The van der Waals surface area contributed by atoms with Crippen molar-refractivity contribution in [2.75, 3.05) is 14.2 Å². The number of hydrogen-bond acceptors (Lipinski definition) is 5. The molecule has 0 aliphatic heterocycles. The highest BCUT2D eigenvalue weighted by atomic mass is 35.5. The van der Waals surface area contributed by atoms with Crippen LogP contribution in [0.15, 0.2) is 100 Å². The highest BCUT2D eigenvalue weighted by Gasteiger charge is 2.23. The molecule has 0 saturated carbocycles. The van der Waals surface area contributed by atoms with Crippen LogP contribution >= 0.6 is 23.2 Å². The number of methoxy groups -OCH3 is 2. The van der Waals surface area contributed by atoms with Crippen LogP contribution < -0.4 is 9.47 Å². The third-order valence-electron chi connectivity index (χ3n) is 7.65. The van der Waals surface area contributed by atoms with E-state index in [1.54, 1.807) is 20.4 Å². The van der Waals surface area contributed by atoms with Gasteiger partial charge in [-0.2, -0.15) is 5.26 Å². The van der Waals surface area contributed by atoms with Crippen molar-refractivity contribution in [2.45, 2.75) is 13.5 Å². The summed E-state index contributed by atoms with van der Waals surface area (Å²) in [7, 11) is 3.24. The average Bonchev–Trinajstić information content (AvgIpc) is 3.56. The summed E-state index contributed by atoms with van der Waals surface area (Å²) in [4.78, 5) is 4.79. The number of furan rings is 1. The molecule has 0 bridgehead atoms. The summed E-state index contributed by atoms with van der Waals surface area (Å²) in [6.45, 7) is 2.66. The molecule has 2 heterocycles. The first kappa shape index (κ1) is 29.1. The number of halogens is 2. The first-order valence-corrected chi connectivity index (χ1v) is 14.6. The van der Waals surface area contributed by atoms with Crippen LogP contribution in [0, 0.1) is 18.3 Å². The van der Waals surface area contributed by atoms with E-state index in [4.69, 9.17) is 42.1 Å². The molecule has 0 atom stereocenters. The number of nitriles is 1. The number of nitrogens with zero attached hydrogens (tertiary/aromatic N) is 3. The molecule has 44 heavy (non-hydrogen) atoms. The molecule has 218 valence electrons. The van der Waals surface area contributed by atoms with Gasteiger partial charge in [-0.15, -0.1) is 0 Å². The Morgan fingerprint density at radius 2 is 1.52 bits per heavy atom. The van der Waals surface area contributed by atoms with Crippen LogP contribution in [0.25, 0.3) is 33.4 Å². The average molecular weight is 621 g/mol. The summed E-state index contributed by atoms with van der Waals surface area (Å²) in [6.07, 6.45) is 1.78. The van der Waals surface area contributed by atoms with Gasteiger partial charge in [0.2, 0.25) is 5.88 Å². The van der Waals surface area contributed by atoms with E-state index in [0.29, 0.717) is 39.2 Å². The molecule has 0 amide bonds. The normalized spacial score (nSPS) is 11.3. The van der Waals surface area contributed by atoms with Gasteiger partial charge in [0.15, 0.2) is 0 Å². The summed E-state index contributed by atoms with van der Waals surface area (Å²) >= 11 is 12.5. The Morgan fingerprint density at radius 1 is 0.864 bits per heavy atom. The second-order valence-electron chi connectivity index (χ2n) is 10.2. The lowest BCUT2D eigenvalue weighted by molar-refractivity contribution is 0.414. The van der Waals surface area contributed by atoms with Gasteiger partial charge in [0, 0.05) is 46.0 Å². The van der Waals surface area contributed by atoms with Crippen molar-refractivity contribution in [1.29, 1.82) is 5.26 Å². The lowest BCUT2D eigenvalue weighted by atomic mass is 9.98. The van der Waals surface area contributed by atoms with Crippen molar-refractivity contribution in [3.8, 4) is 40.0 Å². The van der Waals surface area contributed by atoms with Crippen molar-refractivity contribution in [2.24, 2.45) is 4.99 Å². The zero-order chi connectivity index (χ0) is 30.8. The highest BCUT2D eigenvalue weighted by molar-refractivity contribution is 6.42. The van der Waals surface area contributed by atoms with Gasteiger partial charge in [0.1, 0.15) is 28.9 Å². The van der Waals surface area contributed by atoms with E-state index in [2.05, 4.69) is 29.7 Å². The Labute approximate surface area is 265 Å². The topological polar surface area (TPSA) is 72.7 Å². The Hall–Kier alpha value is -4.96. The minimum Gasteiger partial charge on any atom is -0.497 e. The number of hydrogen-bond donors (Lipinski definition) is 0. The van der Waals surface area contributed by atoms with Crippen LogP contribution in [0.4, 0.5) is 5.88 Å². The predicted molar refractivity (Wildman–Crippen MR) is 177 cm³/mol. The molecule has 0 saturated heterocycles. The van der Waals surface area contributed by atoms with Gasteiger partial charge in [-0.3, -0.25) is 0 Å². The van der Waals surface area contributed by atoms with Crippen LogP contribution in [-0.2, 0) is 6.54 Å². The van der Waals surface area contributed by atoms with Crippen molar-refractivity contribution in [3.05, 3.63) is 123 Å². The summed E-state index contributed by atoms with van der Waals surface area (Å²) in [5, 5.41) is 12.5. The number of aromatic nitrogens is 1. The molecular weight excluding hydrogens is 593 g/mol. The maximum atomic E-state index is 10.4. The van der Waals surface area contributed by atoms with Gasteiger partial charge in [-0.05, 0) is 72.6 Å². The van der Waals surface area contributed by atoms with Crippen LogP contribution in [0.5, 0.6) is 11.5 Å². The fraction of sp³-hybridized carbons (Fsp3) is 0.111. The Kier molecular flexibility index (Phi) is 8.17. The number of rotatable bonds is 8. The molecule has 8 heteroatoms. The number of fused-ring (bicyclic) bond motifs is 1. The van der Waals surface area contributed by atoms with Gasteiger partial charge in [0.25, 0.3) is 0 Å². The maximum absolute atomic E-state index is 10.4. The molecule has 6 aromatic rings. The van der Waals surface area contributed by atoms with E-state index >= 15 is 0 Å². The first-order chi connectivity index (χ1) is 21.4. The zero-order valence-corrected chi connectivity index (χ0v) is 25.8. The Morgan fingerprint density at radius 3 is 2.16 bits per heavy atom. The summed E-state index contributed by atoms with van der Waals surface area (Å²) in [5.41, 5.74) is 6.63. The quantitative estimate of drug-likeness (QED) is 0.159. The SMILES string of the molecule is COc1ccc(-c2oc(N=Cc3c(C)n(Cc4ccc(Cl)c(Cl)c4)c4ccccc34)c(C#N)c2-c2ccc(OC)cc2)cc1. The molecular formula is C36H27Cl2N3O3. The summed E-state index contributed by atoms with van der Waals surface area (Å²) in [6, 6.07) is 31.2. The Bertz CT molecular complexity index is 2050. The number of para-hydroxylation sites is 1. The van der Waals surface area contributed by atoms with E-state index in [0.717, 1.165) is 44.6 Å². The van der Waals surface area contributed by atoms with Gasteiger partial charge in [0.05, 0.1) is 24.3 Å². The fourth-order valence-electron chi connectivity index (χ4n) is 5.36. The van der Waals surface area contributed by atoms with Gasteiger partial charge < -0.3 is 18.5 Å². The second kappa shape index (κ2) is 12.3. The van der Waals surface area contributed by atoms with E-state index in [-0.39, 0.29) is 5.88 Å². The minimum absolute atomic E-state index is 0.227. The standard InChI is InChI=1S/C36H27Cl2N3O3/c1-22-30(28-6-4-5-7-33(28)41(22)21-23-8-17-31(37)32(38)18-23)20-40-36-29(19-39)34(24-9-13-26(42-2)14-10-24)35(44-36)25-11-15-27(43-3)16-12-25/h4-18,20H,21H2,1-3H3. The largest absolute Gasteiger partial charge is 0.497 e. The molecule has 0 radical (unpaired) electrons. The molecule has 0 spiro atoms. The number of aliphatic imine (C=N–C) groups is 1. The van der Waals surface area contributed by atoms with E-state index in [9.17, 15) is 5.26 Å². The Balaban J connectivity index is 1.47. The highest BCUT2D eigenvalue weighted by Crippen LogP contribution is 2.43. The molecule has 6 rings (SSSR count). The lowest BCUT2D eigenvalue weighted by Crippen LogP contribution is -2.02. The van der Waals surface area contributed by atoms with Crippen molar-refractivity contribution in [1.82, 2.24) is 4.57 Å². The third-order valence-corrected chi connectivity index (χ3v) is 8.39. The van der Waals surface area contributed by atoms with E-state index in [1.807, 2.05) is 78.9 Å². The fourth-order valence-corrected chi connectivity index (χ4v) is 5.68. The first-order valence-electron chi connectivity index (χ1n) is 13.8. The molecule has 0 aliphatic rings. The van der Waals surface area contributed by atoms with Crippen molar-refractivity contribution in [3.63, 3.8) is 0 Å². The summed E-state index contributed by atoms with van der Waals surface area (Å²) in [5.74, 6) is 2.20. The van der Waals surface area contributed by atoms with Gasteiger partial charge in [-0.25, -0.2) is 4.99 Å². The van der Waals surface area contributed by atoms with Gasteiger partial charge in [-0.1, -0.05) is 59.6 Å². The van der Waals surface area contributed by atoms with Crippen molar-refractivity contribution < 1.29 is 13.9 Å². The van der Waals surface area contributed by atoms with E-state index in [1.165, 1.54) is 0 Å². The monoisotopic (exact) mass is 619 g/mol. The summed E-state index contributed by atoms with van der Waals surface area (Å²) < 4.78 is 19.3. The molecule has 6 nitrogen and oxygen atoms in total. The lowest BCUT2D eigenvalue weighted by Gasteiger charge is -2.09. The molecule has 0 unspecified atom stereocenters. The molecule has 0 aliphatic carbocycles. The van der Waals surface area contributed by atoms with Gasteiger partial charge >= 0.3 is 0 Å². The van der Waals surface area contributed by atoms with Crippen molar-refractivity contribution >= 4 is 46.2 Å². The van der Waals surface area contributed by atoms with E-state index < -0.39 is 0 Å². The predicted octanol–water partition coefficient (Wildman–Crippen LogP) is 9.87. The molecule has 2 aromatic heterocycles. The zero-order valence-electron chi connectivity index (χ0n) is 24.3. The third kappa shape index (κ3) is 5.44. The minimum atomic E-state index is 0.227. The molecule has 4 aromatic carbocycles. The maximum Gasteiger partial charge on any atom is 0.238 e. The van der Waals surface area contributed by atoms with Crippen LogP contribution in [0.1, 0.15) is 22.4 Å².